The number of aromatic nitrogens is 2. The van der Waals surface area contributed by atoms with Gasteiger partial charge in [0.15, 0.2) is 0 Å². The second kappa shape index (κ2) is 5.99. The van der Waals surface area contributed by atoms with Crippen molar-refractivity contribution >= 4 is 17.7 Å². The molecule has 1 aliphatic rings. The molecule has 1 atom stereocenters. The fraction of sp³-hybridized carbons (Fsp3) is 0.583. The third-order valence-corrected chi connectivity index (χ3v) is 4.17. The topological polar surface area (TPSA) is 29.9 Å². The lowest BCUT2D eigenvalue weighted by Gasteiger charge is -2.22. The minimum absolute atomic E-state index is 0.757. The van der Waals surface area contributed by atoms with Gasteiger partial charge in [0.05, 0.1) is 0 Å². The molecule has 4 heteroatoms. The van der Waals surface area contributed by atoms with Crippen LogP contribution in [0.25, 0.3) is 0 Å². The van der Waals surface area contributed by atoms with E-state index in [1.165, 1.54) is 25.0 Å². The highest BCUT2D eigenvalue weighted by Crippen LogP contribution is 2.26. The largest absolute Gasteiger partial charge is 0.352 e. The van der Waals surface area contributed by atoms with E-state index in [1.807, 2.05) is 12.3 Å². The van der Waals surface area contributed by atoms with Gasteiger partial charge >= 0.3 is 0 Å². The van der Waals surface area contributed by atoms with Crippen LogP contribution in [0.2, 0.25) is 0 Å². The van der Waals surface area contributed by atoms with Gasteiger partial charge in [0.1, 0.15) is 0 Å². The molecule has 0 aliphatic carbocycles. The first kappa shape index (κ1) is 11.6. The molecule has 0 spiro atoms. The molecule has 1 aliphatic heterocycles. The van der Waals surface area contributed by atoms with E-state index in [-0.39, 0.29) is 0 Å². The normalized spacial score (nSPS) is 20.6. The summed E-state index contributed by atoms with van der Waals surface area (Å²) in [7, 11) is 0. The molecule has 1 saturated heterocycles. The van der Waals surface area contributed by atoms with Crippen LogP contribution in [0.4, 0.5) is 5.95 Å². The van der Waals surface area contributed by atoms with Gasteiger partial charge < -0.3 is 9.88 Å². The van der Waals surface area contributed by atoms with Crippen molar-refractivity contribution in [2.75, 3.05) is 17.6 Å². The Balaban J connectivity index is 1.91. The Hall–Kier alpha value is -0.900. The molecule has 1 unspecified atom stereocenters. The molecule has 1 aromatic rings. The lowest BCUT2D eigenvalue weighted by atomic mass is 10.2. The monoisotopic (exact) mass is 237 g/mol. The van der Waals surface area contributed by atoms with E-state index < -0.39 is 0 Å². The summed E-state index contributed by atoms with van der Waals surface area (Å²) in [5.74, 6) is 2.28. The third-order valence-electron chi connectivity index (χ3n) is 2.79. The van der Waals surface area contributed by atoms with Crippen LogP contribution in [0.15, 0.2) is 25.0 Å². The molecule has 2 heterocycles. The molecule has 3 nitrogen and oxygen atoms in total. The summed E-state index contributed by atoms with van der Waals surface area (Å²) < 4.78 is 2.21. The van der Waals surface area contributed by atoms with E-state index in [4.69, 9.17) is 0 Å². The average molecular weight is 237 g/mol. The van der Waals surface area contributed by atoms with Crippen molar-refractivity contribution in [3.8, 4) is 0 Å². The summed E-state index contributed by atoms with van der Waals surface area (Å²) in [6.45, 7) is 5.55. The fourth-order valence-corrected chi connectivity index (χ4v) is 3.26. The highest BCUT2D eigenvalue weighted by Gasteiger charge is 2.15. The van der Waals surface area contributed by atoms with Crippen LogP contribution in [0.5, 0.6) is 0 Å². The van der Waals surface area contributed by atoms with Crippen molar-refractivity contribution in [2.24, 2.45) is 0 Å². The summed E-state index contributed by atoms with van der Waals surface area (Å²) in [6, 6.07) is 0. The molecule has 1 fully saturated rings. The van der Waals surface area contributed by atoms with E-state index in [1.54, 1.807) is 0 Å². The van der Waals surface area contributed by atoms with Gasteiger partial charge in [-0.1, -0.05) is 12.5 Å². The molecule has 0 amide bonds. The van der Waals surface area contributed by atoms with Crippen molar-refractivity contribution in [3.05, 3.63) is 25.0 Å². The Kier molecular flexibility index (Phi) is 4.34. The van der Waals surface area contributed by atoms with Crippen LogP contribution in [0.1, 0.15) is 19.3 Å². The number of rotatable bonds is 5. The van der Waals surface area contributed by atoms with Gasteiger partial charge in [-0.05, 0) is 18.6 Å². The predicted molar refractivity (Wildman–Crippen MR) is 71.0 cm³/mol. The van der Waals surface area contributed by atoms with Gasteiger partial charge in [-0.2, -0.15) is 11.8 Å². The minimum atomic E-state index is 0.757. The van der Waals surface area contributed by atoms with E-state index in [9.17, 15) is 0 Å². The van der Waals surface area contributed by atoms with Crippen molar-refractivity contribution in [1.29, 1.82) is 0 Å². The van der Waals surface area contributed by atoms with Crippen LogP contribution < -0.4 is 5.32 Å². The van der Waals surface area contributed by atoms with Crippen LogP contribution >= 0.6 is 11.8 Å². The molecule has 1 aromatic heterocycles. The maximum atomic E-state index is 4.31. The van der Waals surface area contributed by atoms with Gasteiger partial charge in [0, 0.05) is 30.7 Å². The summed E-state index contributed by atoms with van der Waals surface area (Å²) in [4.78, 5) is 4.31. The van der Waals surface area contributed by atoms with Gasteiger partial charge in [-0.25, -0.2) is 4.98 Å². The first-order valence-electron chi connectivity index (χ1n) is 5.87. The second-order valence-corrected chi connectivity index (χ2v) is 5.47. The predicted octanol–water partition coefficient (Wildman–Crippen LogP) is 2.77. The average Bonchev–Trinajstić information content (AvgIpc) is 2.75. The minimum Gasteiger partial charge on any atom is -0.352 e. The summed E-state index contributed by atoms with van der Waals surface area (Å²) >= 11 is 2.10. The van der Waals surface area contributed by atoms with Crippen LogP contribution in [0.3, 0.4) is 0 Å². The molecule has 0 bridgehead atoms. The number of imidazole rings is 1. The molecule has 88 valence electrons. The molecule has 1 N–H and O–H groups in total. The Bertz CT molecular complexity index is 329. The Morgan fingerprint density at radius 2 is 2.56 bits per heavy atom. The molecular weight excluding hydrogens is 218 g/mol. The Morgan fingerprint density at radius 3 is 3.31 bits per heavy atom. The maximum Gasteiger partial charge on any atom is 0.203 e. The van der Waals surface area contributed by atoms with Crippen LogP contribution in [-0.2, 0) is 6.54 Å². The van der Waals surface area contributed by atoms with E-state index in [0.717, 1.165) is 24.3 Å². The SMILES string of the molecule is C=CCNc1nccn1CC1CCCCS1. The number of nitrogens with zero attached hydrogens (tertiary/aromatic N) is 2. The third kappa shape index (κ3) is 3.04. The fourth-order valence-electron chi connectivity index (χ4n) is 1.96. The first-order chi connectivity index (χ1) is 7.90. The zero-order valence-corrected chi connectivity index (χ0v) is 10.4. The van der Waals surface area contributed by atoms with E-state index in [0.29, 0.717) is 0 Å². The Labute approximate surface area is 101 Å². The number of anilines is 1. The van der Waals surface area contributed by atoms with Gasteiger partial charge in [-0.15, -0.1) is 6.58 Å². The molecular formula is C12H19N3S. The van der Waals surface area contributed by atoms with Gasteiger partial charge in [0.2, 0.25) is 5.95 Å². The van der Waals surface area contributed by atoms with E-state index >= 15 is 0 Å². The number of nitrogens with one attached hydrogen (secondary N) is 1. The highest BCUT2D eigenvalue weighted by molar-refractivity contribution is 7.99. The zero-order valence-electron chi connectivity index (χ0n) is 9.56. The lowest BCUT2D eigenvalue weighted by molar-refractivity contribution is 0.586. The number of hydrogen-bond acceptors (Lipinski definition) is 3. The van der Waals surface area contributed by atoms with Crippen molar-refractivity contribution in [1.82, 2.24) is 9.55 Å². The van der Waals surface area contributed by atoms with Crippen molar-refractivity contribution < 1.29 is 0 Å². The molecule has 0 radical (unpaired) electrons. The van der Waals surface area contributed by atoms with E-state index in [2.05, 4.69) is 39.4 Å². The van der Waals surface area contributed by atoms with Gasteiger partial charge in [-0.3, -0.25) is 0 Å². The Morgan fingerprint density at radius 1 is 1.62 bits per heavy atom. The quantitative estimate of drug-likeness (QED) is 0.799. The maximum absolute atomic E-state index is 4.31. The summed E-state index contributed by atoms with van der Waals surface area (Å²) in [5.41, 5.74) is 0. The summed E-state index contributed by atoms with van der Waals surface area (Å²) in [5, 5.41) is 4.01. The smallest absolute Gasteiger partial charge is 0.203 e. The van der Waals surface area contributed by atoms with Crippen LogP contribution in [-0.4, -0.2) is 27.1 Å². The number of hydrogen-bond donors (Lipinski definition) is 1. The molecule has 0 saturated carbocycles. The lowest BCUT2D eigenvalue weighted by Crippen LogP contribution is -2.18. The highest BCUT2D eigenvalue weighted by atomic mass is 32.2. The van der Waals surface area contributed by atoms with Crippen LogP contribution in [0, 0.1) is 0 Å². The summed E-state index contributed by atoms with van der Waals surface area (Å²) in [6.07, 6.45) is 9.87. The zero-order chi connectivity index (χ0) is 11.2. The van der Waals surface area contributed by atoms with Crippen molar-refractivity contribution in [3.63, 3.8) is 0 Å². The van der Waals surface area contributed by atoms with Crippen molar-refractivity contribution in [2.45, 2.75) is 31.1 Å². The number of thioether (sulfide) groups is 1. The first-order valence-corrected chi connectivity index (χ1v) is 6.92. The molecule has 2 rings (SSSR count). The standard InChI is InChI=1S/C12H19N3S/c1-2-6-13-12-14-7-8-15(12)10-11-5-3-4-9-16-11/h2,7-8,11H,1,3-6,9-10H2,(H,13,14). The second-order valence-electron chi connectivity index (χ2n) is 4.06. The molecule has 0 aromatic carbocycles. The van der Waals surface area contributed by atoms with Gasteiger partial charge in [0.25, 0.3) is 0 Å². The molecule has 16 heavy (non-hydrogen) atoms.